The van der Waals surface area contributed by atoms with E-state index in [-0.39, 0.29) is 16.1 Å². The lowest BCUT2D eigenvalue weighted by Gasteiger charge is -2.18. The van der Waals surface area contributed by atoms with Gasteiger partial charge in [-0.15, -0.1) is 6.58 Å². The monoisotopic (exact) mass is 608 g/mol. The molecular formula is C30H30Cl2N6O4. The minimum absolute atomic E-state index is 0.0468. The molecule has 0 amide bonds. The fourth-order valence-electron chi connectivity index (χ4n) is 4.37. The molecule has 0 radical (unpaired) electrons. The third kappa shape index (κ3) is 6.62. The molecule has 1 unspecified atom stereocenters. The predicted octanol–water partition coefficient (Wildman–Crippen LogP) is 7.12. The maximum atomic E-state index is 6.60. The van der Waals surface area contributed by atoms with Gasteiger partial charge in [-0.1, -0.05) is 29.3 Å². The van der Waals surface area contributed by atoms with Gasteiger partial charge in [0.2, 0.25) is 0 Å². The molecule has 1 aliphatic heterocycles. The third-order valence-electron chi connectivity index (χ3n) is 6.45. The molecule has 1 aliphatic rings. The molecule has 42 heavy (non-hydrogen) atoms. The molecule has 3 heterocycles. The molecule has 0 aliphatic carbocycles. The highest BCUT2D eigenvalue weighted by molar-refractivity contribution is 6.41. The van der Waals surface area contributed by atoms with Crippen molar-refractivity contribution in [3.05, 3.63) is 77.7 Å². The number of aromatic nitrogens is 3. The summed E-state index contributed by atoms with van der Waals surface area (Å²) in [5, 5.41) is 10.6. The number of nitrogens with zero attached hydrogens (tertiary/aromatic N) is 3. The van der Waals surface area contributed by atoms with Crippen molar-refractivity contribution in [2.24, 2.45) is 0 Å². The van der Waals surface area contributed by atoms with Crippen LogP contribution in [-0.2, 0) is 4.74 Å². The van der Waals surface area contributed by atoms with E-state index in [1.54, 1.807) is 18.3 Å². The first-order chi connectivity index (χ1) is 20.5. The molecule has 1 saturated heterocycles. The fraction of sp³-hybridized carbons (Fsp3) is 0.233. The van der Waals surface area contributed by atoms with Gasteiger partial charge in [0.1, 0.15) is 51.4 Å². The van der Waals surface area contributed by atoms with Gasteiger partial charge in [0, 0.05) is 42.9 Å². The van der Waals surface area contributed by atoms with E-state index < -0.39 is 0 Å². The summed E-state index contributed by atoms with van der Waals surface area (Å²) in [5.74, 6) is 2.62. The maximum absolute atomic E-state index is 6.60. The smallest absolute Gasteiger partial charge is 0.143 e. The van der Waals surface area contributed by atoms with Crippen molar-refractivity contribution in [1.29, 1.82) is 0 Å². The summed E-state index contributed by atoms with van der Waals surface area (Å²) in [7, 11) is 3.03. The van der Waals surface area contributed by atoms with Gasteiger partial charge in [-0.25, -0.2) is 15.0 Å². The number of nitrogens with one attached hydrogen (secondary N) is 3. The lowest BCUT2D eigenvalue weighted by molar-refractivity contribution is 0.141. The van der Waals surface area contributed by atoms with Crippen LogP contribution in [0.5, 0.6) is 17.2 Å². The van der Waals surface area contributed by atoms with E-state index in [4.69, 9.17) is 42.1 Å². The van der Waals surface area contributed by atoms with Gasteiger partial charge in [-0.2, -0.15) is 0 Å². The Kier molecular flexibility index (Phi) is 9.48. The number of rotatable bonds is 12. The zero-order valence-corrected chi connectivity index (χ0v) is 24.6. The maximum Gasteiger partial charge on any atom is 0.143 e. The Morgan fingerprint density at radius 1 is 1.00 bits per heavy atom. The van der Waals surface area contributed by atoms with E-state index in [9.17, 15) is 0 Å². The molecule has 10 nitrogen and oxygen atoms in total. The largest absolute Gasteiger partial charge is 0.495 e. The lowest BCUT2D eigenvalue weighted by atomic mass is 10.1. The van der Waals surface area contributed by atoms with E-state index in [0.717, 1.165) is 23.5 Å². The second-order valence-corrected chi connectivity index (χ2v) is 9.96. The zero-order valence-electron chi connectivity index (χ0n) is 23.1. The molecule has 2 aromatic heterocycles. The highest BCUT2D eigenvalue weighted by atomic mass is 35.5. The first-order valence-electron chi connectivity index (χ1n) is 13.1. The van der Waals surface area contributed by atoms with Crippen LogP contribution in [0.2, 0.25) is 10.0 Å². The molecule has 1 fully saturated rings. The van der Waals surface area contributed by atoms with Crippen LogP contribution in [0.4, 0.5) is 28.7 Å². The van der Waals surface area contributed by atoms with Crippen LogP contribution in [0.15, 0.2) is 67.6 Å². The molecule has 0 spiro atoms. The standard InChI is InChI=1S/C30H30Cl2N6O4/c1-4-10-33-23-13-18(42-19-9-12-41-16-19)7-8-21(23)37-26-14-22(35-17-36-26)20-6-5-11-34-30(20)38-29-27(31)24(39-2)15-25(40-3)28(29)32/h4-8,11,13-15,17,19,33H,1,9-10,12,16H2,2-3H3,(H,34,38)(H,35,36,37). The van der Waals surface area contributed by atoms with Crippen LogP contribution < -0.4 is 30.2 Å². The van der Waals surface area contributed by atoms with Gasteiger partial charge < -0.3 is 34.9 Å². The third-order valence-corrected chi connectivity index (χ3v) is 7.20. The number of benzene rings is 2. The van der Waals surface area contributed by atoms with Gasteiger partial charge in [0.15, 0.2) is 0 Å². The predicted molar refractivity (Wildman–Crippen MR) is 166 cm³/mol. The molecular weight excluding hydrogens is 579 g/mol. The van der Waals surface area contributed by atoms with Crippen molar-refractivity contribution < 1.29 is 18.9 Å². The Hall–Kier alpha value is -4.25. The van der Waals surface area contributed by atoms with Crippen molar-refractivity contribution in [2.45, 2.75) is 12.5 Å². The molecule has 3 N–H and O–H groups in total. The molecule has 0 bridgehead atoms. The fourth-order valence-corrected chi connectivity index (χ4v) is 4.96. The first-order valence-corrected chi connectivity index (χ1v) is 13.9. The second kappa shape index (κ2) is 13.6. The Labute approximate surface area is 254 Å². The Balaban J connectivity index is 1.43. The Morgan fingerprint density at radius 3 is 2.52 bits per heavy atom. The van der Waals surface area contributed by atoms with Crippen molar-refractivity contribution in [3.8, 4) is 28.5 Å². The van der Waals surface area contributed by atoms with E-state index in [0.29, 0.717) is 59.8 Å². The lowest BCUT2D eigenvalue weighted by Crippen LogP contribution is -2.16. The van der Waals surface area contributed by atoms with Gasteiger partial charge in [0.05, 0.1) is 50.2 Å². The molecule has 218 valence electrons. The van der Waals surface area contributed by atoms with Gasteiger partial charge in [-0.3, -0.25) is 0 Å². The number of hydrogen-bond donors (Lipinski definition) is 3. The van der Waals surface area contributed by atoms with Crippen molar-refractivity contribution >= 4 is 51.9 Å². The van der Waals surface area contributed by atoms with E-state index in [1.165, 1.54) is 20.5 Å². The number of halogens is 2. The summed E-state index contributed by atoms with van der Waals surface area (Å²) in [6.07, 6.45) is 5.85. The topological polar surface area (TPSA) is 112 Å². The van der Waals surface area contributed by atoms with Crippen LogP contribution in [0.3, 0.4) is 0 Å². The summed E-state index contributed by atoms with van der Waals surface area (Å²) >= 11 is 13.2. The van der Waals surface area contributed by atoms with Gasteiger partial charge in [-0.05, 0) is 24.3 Å². The average Bonchev–Trinajstić information content (AvgIpc) is 3.53. The van der Waals surface area contributed by atoms with E-state index in [1.807, 2.05) is 36.4 Å². The van der Waals surface area contributed by atoms with Crippen molar-refractivity contribution in [2.75, 3.05) is 49.9 Å². The number of hydrogen-bond acceptors (Lipinski definition) is 10. The average molecular weight is 610 g/mol. The van der Waals surface area contributed by atoms with E-state index in [2.05, 4.69) is 37.5 Å². The zero-order chi connectivity index (χ0) is 29.5. The number of pyridine rings is 1. The summed E-state index contributed by atoms with van der Waals surface area (Å²) in [4.78, 5) is 13.5. The Morgan fingerprint density at radius 2 is 1.81 bits per heavy atom. The molecule has 12 heteroatoms. The molecule has 1 atom stereocenters. The molecule has 2 aromatic carbocycles. The second-order valence-electron chi connectivity index (χ2n) is 9.20. The molecule has 0 saturated carbocycles. The highest BCUT2D eigenvalue weighted by Gasteiger charge is 2.20. The molecule has 5 rings (SSSR count). The minimum atomic E-state index is 0.0468. The summed E-state index contributed by atoms with van der Waals surface area (Å²) in [5.41, 5.74) is 3.36. The first kappa shape index (κ1) is 29.2. The summed E-state index contributed by atoms with van der Waals surface area (Å²) < 4.78 is 22.3. The quantitative estimate of drug-likeness (QED) is 0.144. The summed E-state index contributed by atoms with van der Waals surface area (Å²) in [6, 6.07) is 13.0. The van der Waals surface area contributed by atoms with Crippen LogP contribution in [0.25, 0.3) is 11.3 Å². The number of methoxy groups -OCH3 is 2. The van der Waals surface area contributed by atoms with Crippen LogP contribution in [-0.4, -0.2) is 55.0 Å². The number of ether oxygens (including phenoxy) is 4. The van der Waals surface area contributed by atoms with Crippen LogP contribution >= 0.6 is 23.2 Å². The summed E-state index contributed by atoms with van der Waals surface area (Å²) in [6.45, 7) is 5.69. The normalized spacial score (nSPS) is 14.2. The van der Waals surface area contributed by atoms with Gasteiger partial charge in [0.25, 0.3) is 0 Å². The van der Waals surface area contributed by atoms with E-state index >= 15 is 0 Å². The van der Waals surface area contributed by atoms with Gasteiger partial charge >= 0.3 is 0 Å². The van der Waals surface area contributed by atoms with Crippen LogP contribution in [0, 0.1) is 0 Å². The Bertz CT molecular complexity index is 1540. The SMILES string of the molecule is C=CCNc1cc(OC2CCOC2)ccc1Nc1cc(-c2cccnc2Nc2c(Cl)c(OC)cc(OC)c2Cl)ncn1. The number of anilines is 5. The minimum Gasteiger partial charge on any atom is -0.495 e. The molecule has 4 aromatic rings. The highest BCUT2D eigenvalue weighted by Crippen LogP contribution is 2.46. The van der Waals surface area contributed by atoms with Crippen molar-refractivity contribution in [3.63, 3.8) is 0 Å². The van der Waals surface area contributed by atoms with Crippen LogP contribution in [0.1, 0.15) is 6.42 Å². The van der Waals surface area contributed by atoms with Crippen molar-refractivity contribution in [1.82, 2.24) is 15.0 Å².